The number of carbonyl (C=O) groups excluding carboxylic acids is 1. The topological polar surface area (TPSA) is 123 Å². The molecular weight excluding hydrogens is 608 g/mol. The third kappa shape index (κ3) is 5.85. The van der Waals surface area contributed by atoms with E-state index in [1.165, 1.54) is 15.9 Å². The maximum Gasteiger partial charge on any atom is 0.296 e. The van der Waals surface area contributed by atoms with Crippen LogP contribution in [-0.4, -0.2) is 106 Å². The van der Waals surface area contributed by atoms with Crippen molar-refractivity contribution in [2.45, 2.75) is 74.8 Å². The Kier molecular flexibility index (Phi) is 8.10. The van der Waals surface area contributed by atoms with Crippen LogP contribution in [-0.2, 0) is 19.6 Å². The molecule has 1 atom stereocenters. The van der Waals surface area contributed by atoms with Crippen molar-refractivity contribution in [2.24, 2.45) is 0 Å². The number of hydrogen-bond acceptors (Lipinski definition) is 9. The first-order valence-corrected chi connectivity index (χ1v) is 17.1. The molecule has 45 heavy (non-hydrogen) atoms. The van der Waals surface area contributed by atoms with Crippen LogP contribution in [0.1, 0.15) is 57.2 Å². The minimum absolute atomic E-state index is 0.00941. The molecule has 242 valence electrons. The van der Waals surface area contributed by atoms with E-state index in [-0.39, 0.29) is 35.0 Å². The molecule has 7 rings (SSSR count). The molecule has 1 amide bonds. The summed E-state index contributed by atoms with van der Waals surface area (Å²) in [7, 11) is -1.90. The van der Waals surface area contributed by atoms with Crippen LogP contribution in [0.2, 0.25) is 0 Å². The van der Waals surface area contributed by atoms with Crippen LogP contribution in [0.15, 0.2) is 30.3 Å². The summed E-state index contributed by atoms with van der Waals surface area (Å²) >= 11 is 0. The summed E-state index contributed by atoms with van der Waals surface area (Å²) in [5.74, 6) is 0.379. The average molecular weight is 646 g/mol. The van der Waals surface area contributed by atoms with Gasteiger partial charge in [-0.15, -0.1) is 0 Å². The minimum atomic E-state index is -3.44. The summed E-state index contributed by atoms with van der Waals surface area (Å²) in [4.78, 5) is 30.7. The zero-order valence-electron chi connectivity index (χ0n) is 25.1. The van der Waals surface area contributed by atoms with Gasteiger partial charge in [0.2, 0.25) is 27.8 Å². The SMILES string of the molecule is CN([C@H]1CCN(C2CCC(Oc3cc(-n4c(C(F)F)nc5ccccc54)nc(N4CCOCC4)n3)CC2)C1=O)S(=O)(=O)C1CC1. The van der Waals surface area contributed by atoms with Crippen LogP contribution in [0, 0.1) is 0 Å². The first-order valence-electron chi connectivity index (χ1n) is 15.6. The number of halogens is 2. The second kappa shape index (κ2) is 12.1. The molecule has 12 nitrogen and oxygen atoms in total. The Morgan fingerprint density at radius 3 is 2.42 bits per heavy atom. The quantitative estimate of drug-likeness (QED) is 0.345. The maximum absolute atomic E-state index is 14.2. The molecule has 0 N–H and O–H groups in total. The summed E-state index contributed by atoms with van der Waals surface area (Å²) in [5, 5.41) is -0.350. The number of alkyl halides is 2. The molecule has 0 radical (unpaired) electrons. The van der Waals surface area contributed by atoms with E-state index in [9.17, 15) is 22.0 Å². The number of aromatic nitrogens is 4. The van der Waals surface area contributed by atoms with Crippen molar-refractivity contribution in [3.8, 4) is 11.7 Å². The van der Waals surface area contributed by atoms with Gasteiger partial charge in [0.15, 0.2) is 5.82 Å². The lowest BCUT2D eigenvalue weighted by Crippen LogP contribution is -2.47. The summed E-state index contributed by atoms with van der Waals surface area (Å²) in [6.45, 7) is 2.66. The van der Waals surface area contributed by atoms with Crippen molar-refractivity contribution in [2.75, 3.05) is 44.8 Å². The molecule has 4 aliphatic rings. The highest BCUT2D eigenvalue weighted by molar-refractivity contribution is 7.90. The van der Waals surface area contributed by atoms with Crippen LogP contribution < -0.4 is 9.64 Å². The summed E-state index contributed by atoms with van der Waals surface area (Å²) in [6, 6.07) is 7.90. The molecule has 0 bridgehead atoms. The fourth-order valence-electron chi connectivity index (χ4n) is 6.72. The number of para-hydroxylation sites is 2. The molecule has 2 saturated heterocycles. The van der Waals surface area contributed by atoms with E-state index < -0.39 is 28.3 Å². The zero-order valence-corrected chi connectivity index (χ0v) is 25.9. The molecule has 0 unspecified atom stereocenters. The second-order valence-electron chi connectivity index (χ2n) is 12.2. The fourth-order valence-corrected chi connectivity index (χ4v) is 8.48. The number of nitrogens with zero attached hydrogens (tertiary/aromatic N) is 7. The number of likely N-dealkylation sites (N-methyl/N-ethyl adjacent to an activating group) is 1. The van der Waals surface area contributed by atoms with Crippen LogP contribution in [0.3, 0.4) is 0 Å². The van der Waals surface area contributed by atoms with Gasteiger partial charge < -0.3 is 19.3 Å². The van der Waals surface area contributed by atoms with Gasteiger partial charge >= 0.3 is 0 Å². The van der Waals surface area contributed by atoms with Crippen LogP contribution in [0.25, 0.3) is 16.9 Å². The number of sulfonamides is 1. The van der Waals surface area contributed by atoms with E-state index in [0.29, 0.717) is 94.8 Å². The Morgan fingerprint density at radius 2 is 1.71 bits per heavy atom. The zero-order chi connectivity index (χ0) is 31.3. The molecule has 4 heterocycles. The molecular formula is C30H37F2N7O5S. The number of anilines is 1. The molecule has 2 aliphatic heterocycles. The molecule has 3 aromatic rings. The minimum Gasteiger partial charge on any atom is -0.474 e. The Balaban J connectivity index is 1.09. The van der Waals surface area contributed by atoms with Gasteiger partial charge in [-0.05, 0) is 57.1 Å². The number of benzene rings is 1. The van der Waals surface area contributed by atoms with Gasteiger partial charge in [0, 0.05) is 38.8 Å². The summed E-state index contributed by atoms with van der Waals surface area (Å²) in [5.41, 5.74) is 0.949. The summed E-state index contributed by atoms with van der Waals surface area (Å²) in [6.07, 6.45) is 1.55. The Labute approximate surface area is 260 Å². The molecule has 4 fully saturated rings. The van der Waals surface area contributed by atoms with Gasteiger partial charge in [-0.2, -0.15) is 14.3 Å². The largest absolute Gasteiger partial charge is 0.474 e. The predicted molar refractivity (Wildman–Crippen MR) is 161 cm³/mol. The van der Waals surface area contributed by atoms with Crippen molar-refractivity contribution in [1.82, 2.24) is 28.7 Å². The van der Waals surface area contributed by atoms with Crippen molar-refractivity contribution in [3.05, 3.63) is 36.2 Å². The van der Waals surface area contributed by atoms with Gasteiger partial charge in [-0.1, -0.05) is 12.1 Å². The second-order valence-corrected chi connectivity index (χ2v) is 14.5. The standard InChI is InChI=1S/C30H37F2N7O5S/c1-36(45(41,42)21-10-11-21)24-12-13-38(29(24)40)19-6-8-20(9-7-19)44-26-18-25(34-30(35-26)37-14-16-43-17-15-37)39-23-5-3-2-4-22(23)33-28(39)27(31)32/h2-5,18-21,24,27H,6-17H2,1H3/t19?,20?,24-/m0/s1. The van der Waals surface area contributed by atoms with Crippen molar-refractivity contribution in [1.29, 1.82) is 0 Å². The fraction of sp³-hybridized carbons (Fsp3) is 0.600. The first kappa shape index (κ1) is 30.2. The van der Waals surface area contributed by atoms with Crippen molar-refractivity contribution >= 4 is 32.9 Å². The van der Waals surface area contributed by atoms with E-state index in [1.807, 2.05) is 9.80 Å². The van der Waals surface area contributed by atoms with E-state index in [4.69, 9.17) is 9.47 Å². The number of imidazole rings is 1. The number of carbonyl (C=O) groups is 1. The Bertz CT molecular complexity index is 1670. The number of amides is 1. The lowest BCUT2D eigenvalue weighted by Gasteiger charge is -2.35. The van der Waals surface area contributed by atoms with Crippen LogP contribution in [0.4, 0.5) is 14.7 Å². The lowest BCUT2D eigenvalue weighted by molar-refractivity contribution is -0.133. The lowest BCUT2D eigenvalue weighted by atomic mass is 9.92. The van der Waals surface area contributed by atoms with E-state index in [0.717, 1.165) is 0 Å². The number of likely N-dealkylation sites (tertiary alicyclic amines) is 1. The molecule has 0 spiro atoms. The highest BCUT2D eigenvalue weighted by Gasteiger charge is 2.47. The average Bonchev–Trinajstić information content (AvgIpc) is 3.75. The summed E-state index contributed by atoms with van der Waals surface area (Å²) < 4.78 is 68.4. The third-order valence-electron chi connectivity index (χ3n) is 9.35. The number of ether oxygens (including phenoxy) is 2. The highest BCUT2D eigenvalue weighted by Crippen LogP contribution is 2.36. The first-order chi connectivity index (χ1) is 21.7. The van der Waals surface area contributed by atoms with Crippen molar-refractivity contribution in [3.63, 3.8) is 0 Å². The smallest absolute Gasteiger partial charge is 0.296 e. The molecule has 2 aromatic heterocycles. The van der Waals surface area contributed by atoms with Gasteiger partial charge in [-0.25, -0.2) is 22.2 Å². The van der Waals surface area contributed by atoms with Crippen LogP contribution in [0.5, 0.6) is 5.88 Å². The number of rotatable bonds is 9. The number of morpholine rings is 1. The maximum atomic E-state index is 14.2. The van der Waals surface area contributed by atoms with E-state index >= 15 is 0 Å². The normalized spacial score (nSPS) is 24.7. The van der Waals surface area contributed by atoms with Gasteiger partial charge in [-0.3, -0.25) is 9.36 Å². The Morgan fingerprint density at radius 1 is 0.978 bits per heavy atom. The van der Waals surface area contributed by atoms with Gasteiger partial charge in [0.05, 0.1) is 29.5 Å². The van der Waals surface area contributed by atoms with Gasteiger partial charge in [0.25, 0.3) is 6.43 Å². The van der Waals surface area contributed by atoms with Crippen LogP contribution >= 0.6 is 0 Å². The third-order valence-corrected chi connectivity index (χ3v) is 11.7. The Hall–Kier alpha value is -3.43. The molecule has 2 aliphatic carbocycles. The monoisotopic (exact) mass is 645 g/mol. The molecule has 15 heteroatoms. The van der Waals surface area contributed by atoms with E-state index in [1.54, 1.807) is 30.3 Å². The number of hydrogen-bond donors (Lipinski definition) is 0. The molecule has 2 saturated carbocycles. The van der Waals surface area contributed by atoms with Gasteiger partial charge in [0.1, 0.15) is 18.0 Å². The number of fused-ring (bicyclic) bond motifs is 1. The molecule has 1 aromatic carbocycles. The van der Waals surface area contributed by atoms with Crippen molar-refractivity contribution < 1.29 is 31.5 Å². The highest BCUT2D eigenvalue weighted by atomic mass is 32.2. The predicted octanol–water partition coefficient (Wildman–Crippen LogP) is 3.30. The van der Waals surface area contributed by atoms with E-state index in [2.05, 4.69) is 15.0 Å².